The molecule has 0 atom stereocenters. The zero-order chi connectivity index (χ0) is 17.9. The van der Waals surface area contributed by atoms with E-state index >= 15 is 0 Å². The molecule has 0 bridgehead atoms. The van der Waals surface area contributed by atoms with Crippen molar-refractivity contribution in [1.29, 1.82) is 0 Å². The van der Waals surface area contributed by atoms with Crippen LogP contribution >= 0.6 is 0 Å². The Hall–Kier alpha value is -2.90. The van der Waals surface area contributed by atoms with E-state index in [1.807, 2.05) is 6.92 Å². The van der Waals surface area contributed by atoms with Gasteiger partial charge in [-0.15, -0.1) is 0 Å². The second-order valence-corrected chi connectivity index (χ2v) is 4.96. The first-order valence-electron chi connectivity index (χ1n) is 7.50. The molecule has 3 amide bonds. The van der Waals surface area contributed by atoms with Gasteiger partial charge in [0.25, 0.3) is 5.91 Å². The van der Waals surface area contributed by atoms with Crippen molar-refractivity contribution < 1.29 is 23.9 Å². The van der Waals surface area contributed by atoms with Crippen LogP contribution in [0.25, 0.3) is 0 Å². The Morgan fingerprint density at radius 2 is 1.67 bits per heavy atom. The number of ether oxygens (including phenoxy) is 1. The Morgan fingerprint density at radius 1 is 1.00 bits per heavy atom. The van der Waals surface area contributed by atoms with E-state index in [1.165, 1.54) is 19.1 Å². The molecule has 0 spiro atoms. The summed E-state index contributed by atoms with van der Waals surface area (Å²) in [6, 6.07) is 6.06. The molecule has 1 aromatic rings. The molecule has 0 unspecified atom stereocenters. The molecule has 1 aromatic carbocycles. The maximum absolute atomic E-state index is 11.8. The van der Waals surface area contributed by atoms with Gasteiger partial charge < -0.3 is 20.7 Å². The average Bonchev–Trinajstić information content (AvgIpc) is 2.56. The molecule has 0 aliphatic rings. The van der Waals surface area contributed by atoms with E-state index in [0.29, 0.717) is 12.2 Å². The lowest BCUT2D eigenvalue weighted by Gasteiger charge is -2.07. The third-order valence-corrected chi connectivity index (χ3v) is 2.79. The van der Waals surface area contributed by atoms with Gasteiger partial charge >= 0.3 is 5.97 Å². The molecule has 0 radical (unpaired) electrons. The highest BCUT2D eigenvalue weighted by Gasteiger charge is 2.11. The SMILES string of the molecule is CCCNC(=O)CNC(=O)COC(=O)c1ccc(NC(C)=O)cc1. The fraction of sp³-hybridized carbons (Fsp3) is 0.375. The molecule has 8 nitrogen and oxygen atoms in total. The molecule has 8 heteroatoms. The molecule has 0 aliphatic carbocycles. The van der Waals surface area contributed by atoms with E-state index < -0.39 is 18.5 Å². The minimum atomic E-state index is -0.671. The van der Waals surface area contributed by atoms with Crippen molar-refractivity contribution in [2.75, 3.05) is 25.0 Å². The van der Waals surface area contributed by atoms with Crippen molar-refractivity contribution in [1.82, 2.24) is 10.6 Å². The van der Waals surface area contributed by atoms with E-state index in [-0.39, 0.29) is 23.9 Å². The van der Waals surface area contributed by atoms with Gasteiger partial charge in [0.05, 0.1) is 12.1 Å². The molecule has 0 fully saturated rings. The molecular formula is C16H21N3O5. The summed E-state index contributed by atoms with van der Waals surface area (Å²) >= 11 is 0. The predicted octanol–water partition coefficient (Wildman–Crippen LogP) is 0.444. The Balaban J connectivity index is 2.35. The fourth-order valence-corrected chi connectivity index (χ4v) is 1.66. The highest BCUT2D eigenvalue weighted by atomic mass is 16.5. The lowest BCUT2D eigenvalue weighted by Crippen LogP contribution is -2.38. The minimum absolute atomic E-state index is 0.165. The predicted molar refractivity (Wildman–Crippen MR) is 87.3 cm³/mol. The molecule has 1 rings (SSSR count). The van der Waals surface area contributed by atoms with Crippen LogP contribution in [0, 0.1) is 0 Å². The summed E-state index contributed by atoms with van der Waals surface area (Å²) in [5, 5.41) is 7.53. The van der Waals surface area contributed by atoms with Gasteiger partial charge in [-0.25, -0.2) is 4.79 Å². The minimum Gasteiger partial charge on any atom is -0.452 e. The van der Waals surface area contributed by atoms with Crippen molar-refractivity contribution in [2.24, 2.45) is 0 Å². The number of esters is 1. The summed E-state index contributed by atoms with van der Waals surface area (Å²) in [4.78, 5) is 45.5. The first-order chi connectivity index (χ1) is 11.4. The van der Waals surface area contributed by atoms with Crippen LogP contribution in [-0.4, -0.2) is 43.4 Å². The Morgan fingerprint density at radius 3 is 2.25 bits per heavy atom. The van der Waals surface area contributed by atoms with E-state index in [9.17, 15) is 19.2 Å². The van der Waals surface area contributed by atoms with Gasteiger partial charge in [0, 0.05) is 19.2 Å². The van der Waals surface area contributed by atoms with Gasteiger partial charge in [0.15, 0.2) is 6.61 Å². The Bertz CT molecular complexity index is 598. The summed E-state index contributed by atoms with van der Waals surface area (Å²) in [6.45, 7) is 3.19. The standard InChI is InChI=1S/C16H21N3O5/c1-3-8-17-14(21)9-18-15(22)10-24-16(23)12-4-6-13(7-5-12)19-11(2)20/h4-7H,3,8-10H2,1-2H3,(H,17,21)(H,18,22)(H,19,20). The molecule has 0 heterocycles. The molecule has 0 aliphatic heterocycles. The normalized spacial score (nSPS) is 9.75. The number of rotatable bonds is 8. The summed E-state index contributed by atoms with van der Waals surface area (Å²) < 4.78 is 4.85. The van der Waals surface area contributed by atoms with Gasteiger partial charge in [-0.2, -0.15) is 0 Å². The van der Waals surface area contributed by atoms with Gasteiger partial charge in [0.2, 0.25) is 11.8 Å². The maximum atomic E-state index is 11.8. The van der Waals surface area contributed by atoms with E-state index in [4.69, 9.17) is 4.74 Å². The van der Waals surface area contributed by atoms with Gasteiger partial charge in [-0.3, -0.25) is 14.4 Å². The Labute approximate surface area is 139 Å². The average molecular weight is 335 g/mol. The van der Waals surface area contributed by atoms with E-state index in [1.54, 1.807) is 12.1 Å². The van der Waals surface area contributed by atoms with Crippen molar-refractivity contribution in [3.05, 3.63) is 29.8 Å². The van der Waals surface area contributed by atoms with Gasteiger partial charge in [0.1, 0.15) is 0 Å². The summed E-state index contributed by atoms with van der Waals surface area (Å²) in [5.41, 5.74) is 0.799. The van der Waals surface area contributed by atoms with Crippen LogP contribution in [-0.2, 0) is 19.1 Å². The molecule has 0 aromatic heterocycles. The quantitative estimate of drug-likeness (QED) is 0.597. The summed E-state index contributed by atoms with van der Waals surface area (Å²) in [5.74, 6) is -1.75. The monoisotopic (exact) mass is 335 g/mol. The van der Waals surface area contributed by atoms with Crippen LogP contribution in [0.2, 0.25) is 0 Å². The van der Waals surface area contributed by atoms with E-state index in [2.05, 4.69) is 16.0 Å². The van der Waals surface area contributed by atoms with Crippen LogP contribution in [0.1, 0.15) is 30.6 Å². The molecule has 0 saturated carbocycles. The van der Waals surface area contributed by atoms with Crippen LogP contribution < -0.4 is 16.0 Å². The van der Waals surface area contributed by atoms with Crippen molar-refractivity contribution >= 4 is 29.4 Å². The second-order valence-electron chi connectivity index (χ2n) is 4.96. The number of hydrogen-bond acceptors (Lipinski definition) is 5. The van der Waals surface area contributed by atoms with Crippen LogP contribution in [0.4, 0.5) is 5.69 Å². The number of nitrogens with one attached hydrogen (secondary N) is 3. The lowest BCUT2D eigenvalue weighted by molar-refractivity contribution is -0.127. The van der Waals surface area contributed by atoms with Crippen molar-refractivity contribution in [3.8, 4) is 0 Å². The lowest BCUT2D eigenvalue weighted by atomic mass is 10.2. The number of carbonyl (C=O) groups excluding carboxylic acids is 4. The summed E-state index contributed by atoms with van der Waals surface area (Å²) in [7, 11) is 0. The summed E-state index contributed by atoms with van der Waals surface area (Å²) in [6.07, 6.45) is 0.804. The second kappa shape index (κ2) is 9.98. The van der Waals surface area contributed by atoms with Gasteiger partial charge in [-0.05, 0) is 30.7 Å². The first-order valence-corrected chi connectivity index (χ1v) is 7.50. The van der Waals surface area contributed by atoms with E-state index in [0.717, 1.165) is 6.42 Å². The van der Waals surface area contributed by atoms with Crippen molar-refractivity contribution in [3.63, 3.8) is 0 Å². The molecule has 0 saturated heterocycles. The van der Waals surface area contributed by atoms with Gasteiger partial charge in [-0.1, -0.05) is 6.92 Å². The highest BCUT2D eigenvalue weighted by Crippen LogP contribution is 2.10. The fourth-order valence-electron chi connectivity index (χ4n) is 1.66. The van der Waals surface area contributed by atoms with Crippen LogP contribution in [0.5, 0.6) is 0 Å². The zero-order valence-corrected chi connectivity index (χ0v) is 13.7. The molecule has 24 heavy (non-hydrogen) atoms. The number of benzene rings is 1. The molecular weight excluding hydrogens is 314 g/mol. The molecule has 130 valence electrons. The maximum Gasteiger partial charge on any atom is 0.338 e. The van der Waals surface area contributed by atoms with Crippen LogP contribution in [0.15, 0.2) is 24.3 Å². The van der Waals surface area contributed by atoms with Crippen molar-refractivity contribution in [2.45, 2.75) is 20.3 Å². The zero-order valence-electron chi connectivity index (χ0n) is 13.7. The Kier molecular flexibility index (Phi) is 7.97. The largest absolute Gasteiger partial charge is 0.452 e. The third-order valence-electron chi connectivity index (χ3n) is 2.79. The topological polar surface area (TPSA) is 114 Å². The highest BCUT2D eigenvalue weighted by molar-refractivity contribution is 5.93. The molecule has 3 N–H and O–H groups in total. The number of carbonyl (C=O) groups is 4. The number of amides is 3. The number of anilines is 1. The number of hydrogen-bond donors (Lipinski definition) is 3. The smallest absolute Gasteiger partial charge is 0.338 e. The third kappa shape index (κ3) is 7.39. The first kappa shape index (κ1) is 19.1. The van der Waals surface area contributed by atoms with Crippen LogP contribution in [0.3, 0.4) is 0 Å².